The average Bonchev–Trinajstić information content (AvgIpc) is 2.97. The van der Waals surface area contributed by atoms with Crippen molar-refractivity contribution in [1.29, 1.82) is 0 Å². The molecule has 1 N–H and O–H groups in total. The Hall–Kier alpha value is -1.73. The number of aromatic nitrogens is 2. The summed E-state index contributed by atoms with van der Waals surface area (Å²) in [5.41, 5.74) is 3.70. The highest BCUT2D eigenvalue weighted by Gasteiger charge is 2.24. The summed E-state index contributed by atoms with van der Waals surface area (Å²) >= 11 is 1.62. The van der Waals surface area contributed by atoms with Gasteiger partial charge in [0.25, 0.3) is 5.56 Å². The fraction of sp³-hybridized carbons (Fsp3) is 0.562. The highest BCUT2D eigenvalue weighted by molar-refractivity contribution is 7.18. The Morgan fingerprint density at radius 2 is 2.09 bits per heavy atom. The number of nitrogens with zero attached hydrogens (tertiary/aromatic N) is 2. The van der Waals surface area contributed by atoms with Gasteiger partial charge in [0, 0.05) is 24.0 Å². The van der Waals surface area contributed by atoms with Crippen molar-refractivity contribution < 1.29 is 9.53 Å². The molecule has 2 aliphatic rings. The predicted octanol–water partition coefficient (Wildman–Crippen LogP) is 1.83. The molecule has 0 unspecified atom stereocenters. The van der Waals surface area contributed by atoms with E-state index in [9.17, 15) is 9.59 Å². The van der Waals surface area contributed by atoms with Gasteiger partial charge in [0.1, 0.15) is 11.2 Å². The van der Waals surface area contributed by atoms with Gasteiger partial charge in [-0.05, 0) is 44.1 Å². The van der Waals surface area contributed by atoms with Crippen LogP contribution >= 0.6 is 11.3 Å². The largest absolute Gasteiger partial charge is 0.381 e. The molecule has 1 saturated heterocycles. The van der Waals surface area contributed by atoms with Gasteiger partial charge in [0.05, 0.1) is 5.39 Å². The predicted molar refractivity (Wildman–Crippen MR) is 88.4 cm³/mol. The molecule has 0 aromatic carbocycles. The zero-order valence-corrected chi connectivity index (χ0v) is 13.7. The van der Waals surface area contributed by atoms with Crippen LogP contribution in [0.4, 0.5) is 0 Å². The fourth-order valence-corrected chi connectivity index (χ4v) is 4.61. The zero-order valence-electron chi connectivity index (χ0n) is 12.8. The Kier molecular flexibility index (Phi) is 3.90. The Bertz CT molecular complexity index is 805. The van der Waals surface area contributed by atoms with Gasteiger partial charge in [-0.15, -0.1) is 11.3 Å². The lowest BCUT2D eigenvalue weighted by molar-refractivity contribution is -0.123. The van der Waals surface area contributed by atoms with E-state index in [-0.39, 0.29) is 17.4 Å². The van der Waals surface area contributed by atoms with Crippen LogP contribution in [0.2, 0.25) is 0 Å². The van der Waals surface area contributed by atoms with Gasteiger partial charge < -0.3 is 4.74 Å². The van der Waals surface area contributed by atoms with Crippen molar-refractivity contribution in [3.8, 4) is 0 Å². The zero-order chi connectivity index (χ0) is 15.8. The van der Waals surface area contributed by atoms with Crippen LogP contribution in [-0.2, 0) is 22.4 Å². The monoisotopic (exact) mass is 333 g/mol. The number of amides is 1. The second-order valence-corrected chi connectivity index (χ2v) is 7.26. The number of hydrogen-bond acceptors (Lipinski definition) is 5. The van der Waals surface area contributed by atoms with Crippen LogP contribution in [0.5, 0.6) is 0 Å². The molecule has 0 saturated carbocycles. The van der Waals surface area contributed by atoms with E-state index in [0.29, 0.717) is 31.4 Å². The Labute approximate surface area is 137 Å². The second-order valence-electron chi connectivity index (χ2n) is 6.17. The maximum Gasteiger partial charge on any atom is 0.281 e. The molecule has 23 heavy (non-hydrogen) atoms. The van der Waals surface area contributed by atoms with E-state index in [1.54, 1.807) is 11.3 Å². The molecule has 0 atom stereocenters. The van der Waals surface area contributed by atoms with Gasteiger partial charge in [-0.25, -0.2) is 9.66 Å². The second kappa shape index (κ2) is 6.05. The third kappa shape index (κ3) is 2.68. The number of carbonyl (C=O) groups excluding carboxylic acids is 1. The lowest BCUT2D eigenvalue weighted by atomic mass is 9.97. The summed E-state index contributed by atoms with van der Waals surface area (Å²) in [6.45, 7) is 1.20. The molecule has 1 aliphatic carbocycles. The van der Waals surface area contributed by atoms with Gasteiger partial charge >= 0.3 is 0 Å². The van der Waals surface area contributed by atoms with Crippen molar-refractivity contribution >= 4 is 27.5 Å². The maximum absolute atomic E-state index is 12.8. The molecular formula is C16H19N3O3S. The summed E-state index contributed by atoms with van der Waals surface area (Å²) in [6, 6.07) is 0. The number of aryl methyl sites for hydroxylation is 2. The molecule has 0 spiro atoms. The van der Waals surface area contributed by atoms with Crippen LogP contribution < -0.4 is 11.0 Å². The molecule has 6 nitrogen and oxygen atoms in total. The van der Waals surface area contributed by atoms with E-state index in [0.717, 1.165) is 29.7 Å². The highest BCUT2D eigenvalue weighted by atomic mass is 32.1. The third-order valence-electron chi connectivity index (χ3n) is 4.70. The van der Waals surface area contributed by atoms with Gasteiger partial charge in [0.15, 0.2) is 0 Å². The Morgan fingerprint density at radius 1 is 1.30 bits per heavy atom. The number of fused-ring (bicyclic) bond motifs is 3. The van der Waals surface area contributed by atoms with Crippen molar-refractivity contribution in [3.63, 3.8) is 0 Å². The lowest BCUT2D eigenvalue weighted by Crippen LogP contribution is -2.38. The normalized spacial score (nSPS) is 18.8. The SMILES string of the molecule is O=C(Nn1cnc2sc3c(c2c1=O)CCCC3)C1CCOCC1. The van der Waals surface area contributed by atoms with E-state index in [2.05, 4.69) is 10.4 Å². The summed E-state index contributed by atoms with van der Waals surface area (Å²) in [5.74, 6) is -0.219. The van der Waals surface area contributed by atoms with E-state index >= 15 is 0 Å². The quantitative estimate of drug-likeness (QED) is 0.910. The number of nitrogens with one attached hydrogen (secondary N) is 1. The van der Waals surface area contributed by atoms with Crippen LogP contribution in [0.1, 0.15) is 36.1 Å². The van der Waals surface area contributed by atoms with Crippen LogP contribution in [-0.4, -0.2) is 28.8 Å². The maximum atomic E-state index is 12.8. The van der Waals surface area contributed by atoms with Crippen LogP contribution in [0.15, 0.2) is 11.1 Å². The van der Waals surface area contributed by atoms with Gasteiger partial charge in [-0.2, -0.15) is 0 Å². The minimum atomic E-state index is -0.158. The first-order valence-corrected chi connectivity index (χ1v) is 8.96. The molecule has 7 heteroatoms. The van der Waals surface area contributed by atoms with E-state index < -0.39 is 0 Å². The van der Waals surface area contributed by atoms with Gasteiger partial charge in [-0.1, -0.05) is 0 Å². The Morgan fingerprint density at radius 3 is 2.91 bits per heavy atom. The van der Waals surface area contributed by atoms with Crippen LogP contribution in [0.25, 0.3) is 10.2 Å². The summed E-state index contributed by atoms with van der Waals surface area (Å²) in [7, 11) is 0. The smallest absolute Gasteiger partial charge is 0.281 e. The molecule has 2 aromatic heterocycles. The minimum absolute atomic E-state index is 0.0947. The third-order valence-corrected chi connectivity index (χ3v) is 5.90. The number of carbonyl (C=O) groups is 1. The number of ether oxygens (including phenoxy) is 1. The number of hydrogen-bond donors (Lipinski definition) is 1. The fourth-order valence-electron chi connectivity index (χ4n) is 3.40. The van der Waals surface area contributed by atoms with Crippen molar-refractivity contribution in [2.75, 3.05) is 18.6 Å². The summed E-state index contributed by atoms with van der Waals surface area (Å²) < 4.78 is 6.53. The molecule has 122 valence electrons. The van der Waals surface area contributed by atoms with Crippen molar-refractivity contribution in [2.45, 2.75) is 38.5 Å². The molecule has 1 amide bonds. The number of rotatable bonds is 2. The molecule has 1 fully saturated rings. The summed E-state index contributed by atoms with van der Waals surface area (Å²) in [6.07, 6.45) is 7.09. The molecular weight excluding hydrogens is 314 g/mol. The summed E-state index contributed by atoms with van der Waals surface area (Å²) in [5, 5.41) is 0.694. The van der Waals surface area contributed by atoms with Crippen LogP contribution in [0, 0.1) is 5.92 Å². The van der Waals surface area contributed by atoms with E-state index in [1.807, 2.05) is 0 Å². The first-order valence-electron chi connectivity index (χ1n) is 8.14. The van der Waals surface area contributed by atoms with E-state index in [4.69, 9.17) is 4.74 Å². The standard InChI is InChI=1S/C16H19N3O3S/c20-14(10-5-7-22-8-6-10)18-19-9-17-15-13(16(19)21)11-3-1-2-4-12(11)23-15/h9-10H,1-8H2,(H,18,20). The molecule has 1 aliphatic heterocycles. The molecule has 2 aromatic rings. The van der Waals surface area contributed by atoms with Crippen molar-refractivity contribution in [2.24, 2.45) is 5.92 Å². The lowest BCUT2D eigenvalue weighted by Gasteiger charge is -2.21. The first-order chi connectivity index (χ1) is 11.2. The first kappa shape index (κ1) is 14.8. The average molecular weight is 333 g/mol. The molecule has 0 bridgehead atoms. The highest BCUT2D eigenvalue weighted by Crippen LogP contribution is 2.33. The molecule has 4 rings (SSSR count). The van der Waals surface area contributed by atoms with Gasteiger partial charge in [0.2, 0.25) is 5.91 Å². The van der Waals surface area contributed by atoms with E-state index in [1.165, 1.54) is 22.3 Å². The van der Waals surface area contributed by atoms with Crippen molar-refractivity contribution in [3.05, 3.63) is 27.1 Å². The minimum Gasteiger partial charge on any atom is -0.381 e. The topological polar surface area (TPSA) is 73.2 Å². The Balaban J connectivity index is 1.66. The molecule has 0 radical (unpaired) electrons. The number of thiophene rings is 1. The van der Waals surface area contributed by atoms with Crippen molar-refractivity contribution in [1.82, 2.24) is 9.66 Å². The summed E-state index contributed by atoms with van der Waals surface area (Å²) in [4.78, 5) is 31.6. The van der Waals surface area contributed by atoms with Gasteiger partial charge in [-0.3, -0.25) is 15.0 Å². The van der Waals surface area contributed by atoms with Crippen LogP contribution in [0.3, 0.4) is 0 Å². The molecule has 3 heterocycles.